The molecule has 0 spiro atoms. The second-order valence-corrected chi connectivity index (χ2v) is 6.33. The quantitative estimate of drug-likeness (QED) is 0.395. The fourth-order valence-corrected chi connectivity index (χ4v) is 2.56. The average molecular weight is 410 g/mol. The number of ether oxygens (including phenoxy) is 2. The van der Waals surface area contributed by atoms with Gasteiger partial charge in [-0.1, -0.05) is 29.3 Å². The number of carbonyl (C=O) groups is 1. The van der Waals surface area contributed by atoms with Crippen molar-refractivity contribution in [2.24, 2.45) is 5.73 Å². The summed E-state index contributed by atoms with van der Waals surface area (Å²) in [4.78, 5) is 10.4. The minimum atomic E-state index is -0.494. The molecular formula is C16H21Cl2NO5S. The van der Waals surface area contributed by atoms with Gasteiger partial charge in [-0.3, -0.25) is 4.79 Å². The molecule has 1 aliphatic heterocycles. The third kappa shape index (κ3) is 8.91. The van der Waals surface area contributed by atoms with E-state index in [1.165, 1.54) is 6.08 Å². The van der Waals surface area contributed by atoms with Gasteiger partial charge in [-0.15, -0.1) is 0 Å². The van der Waals surface area contributed by atoms with E-state index in [4.69, 9.17) is 38.4 Å². The van der Waals surface area contributed by atoms with E-state index < -0.39 is 5.91 Å². The van der Waals surface area contributed by atoms with Crippen LogP contribution in [0.4, 0.5) is 0 Å². The lowest BCUT2D eigenvalue weighted by Gasteiger charge is -2.31. The van der Waals surface area contributed by atoms with Gasteiger partial charge in [0.1, 0.15) is 0 Å². The molecule has 3 unspecified atom stereocenters. The van der Waals surface area contributed by atoms with Gasteiger partial charge in [-0.2, -0.15) is 0 Å². The number of nitrogens with two attached hydrogens (primary N) is 1. The summed E-state index contributed by atoms with van der Waals surface area (Å²) in [5, 5.41) is 10.3. The zero-order valence-corrected chi connectivity index (χ0v) is 16.0. The number of rotatable bonds is 5. The van der Waals surface area contributed by atoms with Crippen molar-refractivity contribution in [3.63, 3.8) is 0 Å². The van der Waals surface area contributed by atoms with Gasteiger partial charge in [0, 0.05) is 26.0 Å². The van der Waals surface area contributed by atoms with Crippen LogP contribution >= 0.6 is 36.1 Å². The highest BCUT2D eigenvalue weighted by atomic mass is 35.5. The molecule has 0 radical (unpaired) electrons. The molecule has 1 saturated heterocycles. The van der Waals surface area contributed by atoms with Gasteiger partial charge in [-0.25, -0.2) is 0 Å². The van der Waals surface area contributed by atoms with E-state index in [0.717, 1.165) is 5.56 Å². The number of primary amides is 1. The SMILES string of the molecule is COC1CC(O)CC(COS)O1.NC(=O)/C=C/c1ccc(Cl)c(Cl)c1. The third-order valence-electron chi connectivity index (χ3n) is 3.25. The lowest BCUT2D eigenvalue weighted by molar-refractivity contribution is -0.208. The molecule has 6 nitrogen and oxygen atoms in total. The molecule has 3 atom stereocenters. The number of aliphatic hydroxyl groups excluding tert-OH is 1. The summed E-state index contributed by atoms with van der Waals surface area (Å²) in [7, 11) is 1.56. The number of benzene rings is 1. The van der Waals surface area contributed by atoms with Crippen LogP contribution in [0, 0.1) is 0 Å². The van der Waals surface area contributed by atoms with E-state index in [0.29, 0.717) is 29.5 Å². The number of carbonyl (C=O) groups excluding carboxylic acids is 1. The Morgan fingerprint density at radius 3 is 2.72 bits per heavy atom. The number of aliphatic hydroxyl groups is 1. The van der Waals surface area contributed by atoms with Crippen molar-refractivity contribution in [3.8, 4) is 0 Å². The number of halogens is 2. The molecule has 25 heavy (non-hydrogen) atoms. The maximum Gasteiger partial charge on any atom is 0.241 e. The molecule has 1 fully saturated rings. The monoisotopic (exact) mass is 409 g/mol. The van der Waals surface area contributed by atoms with Crippen molar-refractivity contribution in [1.82, 2.24) is 0 Å². The van der Waals surface area contributed by atoms with Crippen LogP contribution in [-0.4, -0.2) is 43.2 Å². The Balaban J connectivity index is 0.000000251. The van der Waals surface area contributed by atoms with E-state index in [1.54, 1.807) is 31.4 Å². The lowest BCUT2D eigenvalue weighted by Crippen LogP contribution is -2.38. The summed E-state index contributed by atoms with van der Waals surface area (Å²) in [5.41, 5.74) is 5.71. The first kappa shape index (κ1) is 22.2. The fraction of sp³-hybridized carbons (Fsp3) is 0.438. The van der Waals surface area contributed by atoms with Gasteiger partial charge in [-0.05, 0) is 36.7 Å². The smallest absolute Gasteiger partial charge is 0.241 e. The highest BCUT2D eigenvalue weighted by molar-refractivity contribution is 7.75. The van der Waals surface area contributed by atoms with Crippen LogP contribution in [0.3, 0.4) is 0 Å². The van der Waals surface area contributed by atoms with Gasteiger partial charge in [0.25, 0.3) is 0 Å². The maximum atomic E-state index is 10.4. The van der Waals surface area contributed by atoms with Gasteiger partial charge in [0.05, 0.1) is 28.9 Å². The Morgan fingerprint density at radius 2 is 2.16 bits per heavy atom. The van der Waals surface area contributed by atoms with E-state index in [-0.39, 0.29) is 18.5 Å². The minimum Gasteiger partial charge on any atom is -0.393 e. The zero-order chi connectivity index (χ0) is 18.8. The van der Waals surface area contributed by atoms with Gasteiger partial charge >= 0.3 is 0 Å². The maximum absolute atomic E-state index is 10.4. The van der Waals surface area contributed by atoms with Crippen LogP contribution in [-0.2, 0) is 18.5 Å². The molecule has 1 amide bonds. The third-order valence-corrected chi connectivity index (χ3v) is 4.14. The largest absolute Gasteiger partial charge is 0.393 e. The first-order valence-electron chi connectivity index (χ1n) is 7.41. The number of hydrogen-bond acceptors (Lipinski definition) is 6. The van der Waals surface area contributed by atoms with Crippen LogP contribution in [0.1, 0.15) is 18.4 Å². The van der Waals surface area contributed by atoms with Gasteiger partial charge in [0.15, 0.2) is 6.29 Å². The first-order valence-corrected chi connectivity index (χ1v) is 8.53. The summed E-state index contributed by atoms with van der Waals surface area (Å²) < 4.78 is 15.0. The summed E-state index contributed by atoms with van der Waals surface area (Å²) in [6.07, 6.45) is 3.15. The molecular weight excluding hydrogens is 389 g/mol. The second-order valence-electron chi connectivity index (χ2n) is 5.25. The summed E-state index contributed by atoms with van der Waals surface area (Å²) in [5.74, 6) is -0.494. The predicted molar refractivity (Wildman–Crippen MR) is 101 cm³/mol. The second kappa shape index (κ2) is 11.7. The molecule has 3 N–H and O–H groups in total. The zero-order valence-electron chi connectivity index (χ0n) is 13.6. The van der Waals surface area contributed by atoms with Crippen LogP contribution < -0.4 is 5.73 Å². The van der Waals surface area contributed by atoms with Crippen molar-refractivity contribution < 1.29 is 23.6 Å². The number of thiol groups is 1. The summed E-state index contributed by atoms with van der Waals surface area (Å²) in [6, 6.07) is 5.06. The van der Waals surface area contributed by atoms with Crippen LogP contribution in [0.15, 0.2) is 24.3 Å². The molecule has 0 aliphatic carbocycles. The highest BCUT2D eigenvalue weighted by Crippen LogP contribution is 2.23. The molecule has 0 saturated carbocycles. The first-order chi connectivity index (χ1) is 11.8. The average Bonchev–Trinajstić information content (AvgIpc) is 2.56. The molecule has 2 rings (SSSR count). The topological polar surface area (TPSA) is 91.0 Å². The molecule has 9 heteroatoms. The Morgan fingerprint density at radius 1 is 1.44 bits per heavy atom. The molecule has 1 aliphatic rings. The van der Waals surface area contributed by atoms with E-state index in [2.05, 4.69) is 17.1 Å². The van der Waals surface area contributed by atoms with Crippen LogP contribution in [0.5, 0.6) is 0 Å². The lowest BCUT2D eigenvalue weighted by atomic mass is 10.1. The van der Waals surface area contributed by atoms with Gasteiger partial charge < -0.3 is 24.5 Å². The van der Waals surface area contributed by atoms with Crippen molar-refractivity contribution in [2.45, 2.75) is 31.3 Å². The summed E-state index contributed by atoms with van der Waals surface area (Å²) in [6.45, 7) is 0.375. The van der Waals surface area contributed by atoms with E-state index in [9.17, 15) is 9.90 Å². The van der Waals surface area contributed by atoms with Crippen molar-refractivity contribution in [1.29, 1.82) is 0 Å². The number of methoxy groups -OCH3 is 1. The molecule has 1 aromatic rings. The molecule has 0 aromatic heterocycles. The van der Waals surface area contributed by atoms with Crippen LogP contribution in [0.2, 0.25) is 10.0 Å². The predicted octanol–water partition coefficient (Wildman–Crippen LogP) is 2.85. The van der Waals surface area contributed by atoms with Gasteiger partial charge in [0.2, 0.25) is 5.91 Å². The van der Waals surface area contributed by atoms with Crippen molar-refractivity contribution >= 4 is 48.1 Å². The normalized spacial score (nSPS) is 23.2. The molecule has 1 aromatic carbocycles. The van der Waals surface area contributed by atoms with Crippen LogP contribution in [0.25, 0.3) is 6.08 Å². The fourth-order valence-electron chi connectivity index (χ4n) is 2.08. The standard InChI is InChI=1S/C9H7Cl2NO.C7H14O4S/c10-7-3-1-6(5-8(7)11)2-4-9(12)13;1-9-7-3-5(8)2-6(11-7)4-10-12/h1-5H,(H2,12,13);5-8,12H,2-4H2,1H3/b4-2+;. The number of amides is 1. The van der Waals surface area contributed by atoms with E-state index in [1.807, 2.05) is 0 Å². The Labute approximate surface area is 162 Å². The van der Waals surface area contributed by atoms with Crippen molar-refractivity contribution in [3.05, 3.63) is 39.9 Å². The Hall–Kier alpha value is -0.800. The molecule has 140 valence electrons. The van der Waals surface area contributed by atoms with Crippen molar-refractivity contribution in [2.75, 3.05) is 13.7 Å². The highest BCUT2D eigenvalue weighted by Gasteiger charge is 2.28. The summed E-state index contributed by atoms with van der Waals surface area (Å²) >= 11 is 15.1. The Bertz CT molecular complexity index is 588. The minimum absolute atomic E-state index is 0.115. The molecule has 0 bridgehead atoms. The Kier molecular flexibility index (Phi) is 10.4. The number of hydrogen-bond donors (Lipinski definition) is 3. The molecule has 1 heterocycles. The van der Waals surface area contributed by atoms with E-state index >= 15 is 0 Å².